The second kappa shape index (κ2) is 6.08. The zero-order valence-corrected chi connectivity index (χ0v) is 13.3. The van der Waals surface area contributed by atoms with E-state index in [1.54, 1.807) is 47.0 Å². The molecule has 5 nitrogen and oxygen atoms in total. The summed E-state index contributed by atoms with van der Waals surface area (Å²) in [5.41, 5.74) is 1.67. The largest absolute Gasteiger partial charge is 0.475 e. The van der Waals surface area contributed by atoms with Crippen LogP contribution in [-0.4, -0.2) is 27.5 Å². The van der Waals surface area contributed by atoms with E-state index in [9.17, 15) is 4.79 Å². The van der Waals surface area contributed by atoms with Crippen LogP contribution in [0.15, 0.2) is 37.4 Å². The Balaban J connectivity index is 1.76. The molecule has 0 radical (unpaired) electrons. The summed E-state index contributed by atoms with van der Waals surface area (Å²) in [7, 11) is 0. The van der Waals surface area contributed by atoms with Gasteiger partial charge in [0, 0.05) is 11.1 Å². The first-order valence-corrected chi connectivity index (χ1v) is 8.94. The van der Waals surface area contributed by atoms with Crippen LogP contribution in [0.5, 0.6) is 0 Å². The van der Waals surface area contributed by atoms with E-state index in [0.29, 0.717) is 5.58 Å². The van der Waals surface area contributed by atoms with Crippen molar-refractivity contribution >= 4 is 51.8 Å². The van der Waals surface area contributed by atoms with E-state index in [1.807, 2.05) is 18.4 Å². The van der Waals surface area contributed by atoms with Crippen molar-refractivity contribution < 1.29 is 14.3 Å². The Bertz CT molecular complexity index is 797. The summed E-state index contributed by atoms with van der Waals surface area (Å²) in [5, 5.41) is 17.9. The Labute approximate surface area is 132 Å². The molecule has 0 fully saturated rings. The number of benzene rings is 1. The quantitative estimate of drug-likeness (QED) is 0.705. The maximum atomic E-state index is 10.9. The molecule has 0 unspecified atom stereocenters. The van der Waals surface area contributed by atoms with E-state index in [2.05, 4.69) is 10.2 Å². The molecule has 3 rings (SSSR count). The Hall–Kier alpha value is -1.51. The monoisotopic (exact) mass is 338 g/mol. The Morgan fingerprint density at radius 3 is 2.86 bits per heavy atom. The summed E-state index contributed by atoms with van der Waals surface area (Å²) in [6, 6.07) is 7.21. The van der Waals surface area contributed by atoms with Crippen LogP contribution in [0.2, 0.25) is 0 Å². The van der Waals surface area contributed by atoms with Crippen LogP contribution < -0.4 is 0 Å². The molecule has 8 heteroatoms. The lowest BCUT2D eigenvalue weighted by atomic mass is 10.2. The van der Waals surface area contributed by atoms with Crippen molar-refractivity contribution in [1.29, 1.82) is 0 Å². The van der Waals surface area contributed by atoms with Gasteiger partial charge in [0.05, 0.1) is 0 Å². The van der Waals surface area contributed by atoms with Crippen LogP contribution in [0.25, 0.3) is 11.0 Å². The average Bonchev–Trinajstić information content (AvgIpc) is 3.11. The first-order valence-electron chi connectivity index (χ1n) is 5.92. The van der Waals surface area contributed by atoms with Gasteiger partial charge in [-0.2, -0.15) is 0 Å². The van der Waals surface area contributed by atoms with Gasteiger partial charge in [-0.25, -0.2) is 4.79 Å². The molecule has 21 heavy (non-hydrogen) atoms. The molecule has 0 saturated heterocycles. The fourth-order valence-corrected chi connectivity index (χ4v) is 4.15. The highest BCUT2D eigenvalue weighted by Gasteiger charge is 2.11. The molecule has 0 aliphatic heterocycles. The maximum absolute atomic E-state index is 10.9. The smallest absolute Gasteiger partial charge is 0.371 e. The molecule has 108 valence electrons. The summed E-state index contributed by atoms with van der Waals surface area (Å²) in [5.74, 6) is -0.337. The number of aromatic carboxylic acids is 1. The highest BCUT2D eigenvalue weighted by molar-refractivity contribution is 8.02. The van der Waals surface area contributed by atoms with Crippen LogP contribution in [0.1, 0.15) is 16.1 Å². The van der Waals surface area contributed by atoms with E-state index in [-0.39, 0.29) is 5.76 Å². The number of hydrogen-bond donors (Lipinski definition) is 1. The lowest BCUT2D eigenvalue weighted by Crippen LogP contribution is -1.91. The van der Waals surface area contributed by atoms with Crippen molar-refractivity contribution in [3.05, 3.63) is 35.6 Å². The molecule has 0 spiro atoms. The van der Waals surface area contributed by atoms with Gasteiger partial charge < -0.3 is 9.52 Å². The minimum absolute atomic E-state index is 0.0384. The van der Waals surface area contributed by atoms with Gasteiger partial charge in [-0.1, -0.05) is 40.9 Å². The van der Waals surface area contributed by atoms with Crippen LogP contribution in [0.4, 0.5) is 0 Å². The SMILES string of the molecule is CSc1nnc(SCc2ccc3oc(C(=O)O)cc3c2)s1. The predicted molar refractivity (Wildman–Crippen MR) is 84.4 cm³/mol. The highest BCUT2D eigenvalue weighted by Crippen LogP contribution is 2.30. The lowest BCUT2D eigenvalue weighted by molar-refractivity contribution is 0.0665. The fraction of sp³-hybridized carbons (Fsp3) is 0.154. The third kappa shape index (κ3) is 3.22. The first-order chi connectivity index (χ1) is 10.2. The molecular formula is C13H10N2O3S3. The average molecular weight is 338 g/mol. The maximum Gasteiger partial charge on any atom is 0.371 e. The van der Waals surface area contributed by atoms with Gasteiger partial charge >= 0.3 is 5.97 Å². The van der Waals surface area contributed by atoms with Gasteiger partial charge in [0.1, 0.15) is 5.58 Å². The number of carboxylic acid groups (broad SMARTS) is 1. The van der Waals surface area contributed by atoms with E-state index in [4.69, 9.17) is 9.52 Å². The topological polar surface area (TPSA) is 76.2 Å². The second-order valence-corrected chi connectivity index (χ2v) is 7.37. The third-order valence-corrected chi connectivity index (χ3v) is 5.82. The minimum Gasteiger partial charge on any atom is -0.475 e. The van der Waals surface area contributed by atoms with Crippen molar-refractivity contribution in [2.45, 2.75) is 14.4 Å². The molecule has 0 saturated carbocycles. The number of aromatic nitrogens is 2. The Morgan fingerprint density at radius 1 is 1.33 bits per heavy atom. The number of carboxylic acids is 1. The summed E-state index contributed by atoms with van der Waals surface area (Å²) >= 11 is 4.77. The molecular weight excluding hydrogens is 328 g/mol. The number of carbonyl (C=O) groups is 1. The predicted octanol–water partition coefficient (Wildman–Crippen LogP) is 4.00. The van der Waals surface area contributed by atoms with E-state index in [0.717, 1.165) is 25.4 Å². The van der Waals surface area contributed by atoms with E-state index >= 15 is 0 Å². The minimum atomic E-state index is -1.06. The van der Waals surface area contributed by atoms with Crippen LogP contribution >= 0.6 is 34.9 Å². The van der Waals surface area contributed by atoms with Crippen molar-refractivity contribution in [1.82, 2.24) is 10.2 Å². The molecule has 0 aliphatic rings. The van der Waals surface area contributed by atoms with Crippen molar-refractivity contribution in [3.63, 3.8) is 0 Å². The number of nitrogens with zero attached hydrogens (tertiary/aromatic N) is 2. The number of hydrogen-bond acceptors (Lipinski definition) is 7. The Kier molecular flexibility index (Phi) is 4.18. The Morgan fingerprint density at radius 2 is 2.14 bits per heavy atom. The summed E-state index contributed by atoms with van der Waals surface area (Å²) in [6.07, 6.45) is 1.97. The highest BCUT2D eigenvalue weighted by atomic mass is 32.2. The molecule has 3 aromatic rings. The molecule has 0 bridgehead atoms. The fourth-order valence-electron chi connectivity index (χ4n) is 1.77. The van der Waals surface area contributed by atoms with Crippen molar-refractivity contribution in [2.75, 3.05) is 6.26 Å². The number of rotatable bonds is 5. The zero-order valence-electron chi connectivity index (χ0n) is 10.9. The van der Waals surface area contributed by atoms with E-state index in [1.165, 1.54) is 0 Å². The zero-order chi connectivity index (χ0) is 14.8. The van der Waals surface area contributed by atoms with Gasteiger partial charge in [0.2, 0.25) is 5.76 Å². The molecule has 2 aromatic heterocycles. The molecule has 0 aliphatic carbocycles. The third-order valence-electron chi connectivity index (χ3n) is 2.72. The molecule has 0 atom stereocenters. The summed E-state index contributed by atoms with van der Waals surface area (Å²) in [4.78, 5) is 10.9. The number of furan rings is 1. The standard InChI is InChI=1S/C13H10N2O3S3/c1-19-12-14-15-13(21-12)20-6-7-2-3-9-8(4-7)5-10(18-9)11(16)17/h2-5H,6H2,1H3,(H,16,17). The normalized spacial score (nSPS) is 11.1. The van der Waals surface area contributed by atoms with Gasteiger partial charge in [0.15, 0.2) is 8.68 Å². The molecule has 1 N–H and O–H groups in total. The summed E-state index contributed by atoms with van der Waals surface area (Å²) in [6.45, 7) is 0. The van der Waals surface area contributed by atoms with Crippen LogP contribution in [0.3, 0.4) is 0 Å². The van der Waals surface area contributed by atoms with Crippen LogP contribution in [-0.2, 0) is 5.75 Å². The van der Waals surface area contributed by atoms with Crippen LogP contribution in [0, 0.1) is 0 Å². The first kappa shape index (κ1) is 14.4. The molecule has 0 amide bonds. The summed E-state index contributed by atoms with van der Waals surface area (Å²) < 4.78 is 7.12. The molecule has 1 aromatic carbocycles. The van der Waals surface area contributed by atoms with Gasteiger partial charge in [-0.3, -0.25) is 0 Å². The lowest BCUT2D eigenvalue weighted by Gasteiger charge is -1.98. The number of fused-ring (bicyclic) bond motifs is 1. The van der Waals surface area contributed by atoms with Gasteiger partial charge in [0.25, 0.3) is 0 Å². The van der Waals surface area contributed by atoms with Crippen molar-refractivity contribution in [2.24, 2.45) is 0 Å². The van der Waals surface area contributed by atoms with Gasteiger partial charge in [-0.05, 0) is 30.0 Å². The van der Waals surface area contributed by atoms with E-state index < -0.39 is 5.97 Å². The van der Waals surface area contributed by atoms with Crippen molar-refractivity contribution in [3.8, 4) is 0 Å². The number of thioether (sulfide) groups is 2. The van der Waals surface area contributed by atoms with Gasteiger partial charge in [-0.15, -0.1) is 10.2 Å². The second-order valence-electron chi connectivity index (χ2n) is 4.11. The molecule has 2 heterocycles.